The summed E-state index contributed by atoms with van der Waals surface area (Å²) in [4.78, 5) is 16.9. The highest BCUT2D eigenvalue weighted by atomic mass is 16.6. The van der Waals surface area contributed by atoms with Crippen LogP contribution in [-0.4, -0.2) is 77.6 Å². The van der Waals surface area contributed by atoms with Crippen LogP contribution in [0.25, 0.3) is 0 Å². The van der Waals surface area contributed by atoms with Crippen LogP contribution in [0, 0.1) is 0 Å². The molecule has 8 nitrogen and oxygen atoms in total. The van der Waals surface area contributed by atoms with Gasteiger partial charge in [0.25, 0.3) is 0 Å². The summed E-state index contributed by atoms with van der Waals surface area (Å²) < 4.78 is 11.3. The second-order valence-corrected chi connectivity index (χ2v) is 9.75. The first kappa shape index (κ1) is 21.6. The van der Waals surface area contributed by atoms with Gasteiger partial charge in [0, 0.05) is 49.0 Å². The number of likely N-dealkylation sites (N-methyl/N-ethyl adjacent to an activating group) is 1. The van der Waals surface area contributed by atoms with E-state index in [0.29, 0.717) is 50.3 Å². The first-order valence-corrected chi connectivity index (χ1v) is 11.5. The standard InChI is InChI=1S/C24H33N3O5/c1-26-11-9-23-13-17(32-22(29)27-10-3-4-16(27)14-25)7-8-24(23,30)19(26)12-15-5-6-18(31-2)21(28)20(15)23/h5-7,16,19,28,30H,3-4,8-14,25H2,1-2H3. The Morgan fingerprint density at radius 3 is 2.91 bits per heavy atom. The van der Waals surface area contributed by atoms with Crippen molar-refractivity contribution in [1.29, 1.82) is 0 Å². The maximum absolute atomic E-state index is 12.9. The minimum absolute atomic E-state index is 0.0122. The van der Waals surface area contributed by atoms with Crippen molar-refractivity contribution in [3.8, 4) is 11.5 Å². The Hall–Kier alpha value is -2.29. The second-order valence-electron chi connectivity index (χ2n) is 9.75. The highest BCUT2D eigenvalue weighted by Gasteiger charge is 2.64. The Morgan fingerprint density at radius 2 is 2.16 bits per heavy atom. The summed E-state index contributed by atoms with van der Waals surface area (Å²) in [5.41, 5.74) is 5.77. The molecular weight excluding hydrogens is 410 g/mol. The number of aliphatic hydroxyl groups is 1. The molecule has 1 amide bonds. The number of ether oxygens (including phenoxy) is 2. The number of nitrogens with two attached hydrogens (primary N) is 1. The van der Waals surface area contributed by atoms with Crippen molar-refractivity contribution < 1.29 is 24.5 Å². The minimum Gasteiger partial charge on any atom is -0.504 e. The molecule has 4 unspecified atom stereocenters. The lowest BCUT2D eigenvalue weighted by Crippen LogP contribution is -2.71. The fourth-order valence-corrected chi connectivity index (χ4v) is 6.65. The van der Waals surface area contributed by atoms with Gasteiger partial charge >= 0.3 is 6.09 Å². The molecule has 2 saturated heterocycles. The molecular formula is C24H33N3O5. The smallest absolute Gasteiger partial charge is 0.415 e. The van der Waals surface area contributed by atoms with E-state index in [1.165, 1.54) is 7.11 Å². The molecule has 2 aliphatic carbocycles. The molecule has 4 N–H and O–H groups in total. The van der Waals surface area contributed by atoms with Crippen LogP contribution in [0.5, 0.6) is 11.5 Å². The van der Waals surface area contributed by atoms with Gasteiger partial charge in [-0.15, -0.1) is 0 Å². The number of phenols is 1. The summed E-state index contributed by atoms with van der Waals surface area (Å²) in [5.74, 6) is 1.04. The van der Waals surface area contributed by atoms with Gasteiger partial charge in [-0.1, -0.05) is 6.07 Å². The number of amides is 1. The zero-order valence-corrected chi connectivity index (χ0v) is 18.8. The van der Waals surface area contributed by atoms with Crippen LogP contribution in [-0.2, 0) is 16.6 Å². The molecule has 5 rings (SSSR count). The lowest BCUT2D eigenvalue weighted by atomic mass is 9.50. The van der Waals surface area contributed by atoms with Crippen LogP contribution in [0.15, 0.2) is 24.0 Å². The van der Waals surface area contributed by atoms with Crippen molar-refractivity contribution in [1.82, 2.24) is 9.80 Å². The summed E-state index contributed by atoms with van der Waals surface area (Å²) in [6.45, 7) is 1.86. The molecule has 0 spiro atoms. The van der Waals surface area contributed by atoms with Crippen molar-refractivity contribution in [2.75, 3.05) is 33.8 Å². The van der Waals surface area contributed by atoms with Gasteiger partial charge in [-0.2, -0.15) is 0 Å². The number of phenolic OH excluding ortho intramolecular Hbond substituents is 1. The van der Waals surface area contributed by atoms with E-state index < -0.39 is 11.0 Å². The molecule has 2 aliphatic heterocycles. The first-order chi connectivity index (χ1) is 15.3. The van der Waals surface area contributed by atoms with Crippen LogP contribution in [0.2, 0.25) is 0 Å². The molecule has 4 aliphatic rings. The fourth-order valence-electron chi connectivity index (χ4n) is 6.65. The van der Waals surface area contributed by atoms with Gasteiger partial charge in [0.1, 0.15) is 5.76 Å². The van der Waals surface area contributed by atoms with E-state index in [9.17, 15) is 15.0 Å². The number of methoxy groups -OCH3 is 1. The number of benzene rings is 1. The molecule has 4 atom stereocenters. The zero-order valence-electron chi connectivity index (χ0n) is 18.8. The van der Waals surface area contributed by atoms with E-state index in [1.807, 2.05) is 19.2 Å². The van der Waals surface area contributed by atoms with E-state index in [-0.39, 0.29) is 23.9 Å². The predicted octanol–water partition coefficient (Wildman–Crippen LogP) is 1.87. The van der Waals surface area contributed by atoms with Gasteiger partial charge in [0.15, 0.2) is 11.5 Å². The van der Waals surface area contributed by atoms with Crippen LogP contribution in [0.3, 0.4) is 0 Å². The third kappa shape index (κ3) is 2.89. The summed E-state index contributed by atoms with van der Waals surface area (Å²) >= 11 is 0. The van der Waals surface area contributed by atoms with Crippen LogP contribution in [0.1, 0.15) is 43.2 Å². The van der Waals surface area contributed by atoms with E-state index in [4.69, 9.17) is 15.2 Å². The number of allylic oxidation sites excluding steroid dienone is 1. The van der Waals surface area contributed by atoms with Crippen molar-refractivity contribution >= 4 is 6.09 Å². The van der Waals surface area contributed by atoms with Gasteiger partial charge in [-0.3, -0.25) is 0 Å². The molecule has 1 aromatic carbocycles. The van der Waals surface area contributed by atoms with Crippen molar-refractivity contribution in [2.24, 2.45) is 5.73 Å². The summed E-state index contributed by atoms with van der Waals surface area (Å²) in [6.07, 6.45) is 5.32. The lowest BCUT2D eigenvalue weighted by molar-refractivity contribution is -0.146. The van der Waals surface area contributed by atoms with Crippen molar-refractivity contribution in [2.45, 2.75) is 61.6 Å². The highest BCUT2D eigenvalue weighted by molar-refractivity contribution is 5.70. The van der Waals surface area contributed by atoms with E-state index in [1.54, 1.807) is 11.0 Å². The molecule has 0 aromatic heterocycles. The summed E-state index contributed by atoms with van der Waals surface area (Å²) in [7, 11) is 3.57. The number of fused-ring (bicyclic) bond motifs is 1. The number of carbonyl (C=O) groups is 1. The number of nitrogens with zero attached hydrogens (tertiary/aromatic N) is 2. The maximum atomic E-state index is 12.9. The third-order valence-electron chi connectivity index (χ3n) is 8.36. The van der Waals surface area contributed by atoms with Crippen LogP contribution in [0.4, 0.5) is 4.79 Å². The fraction of sp³-hybridized carbons (Fsp3) is 0.625. The average Bonchev–Trinajstić information content (AvgIpc) is 3.26. The number of hydrogen-bond acceptors (Lipinski definition) is 7. The van der Waals surface area contributed by atoms with Crippen LogP contribution < -0.4 is 10.5 Å². The Labute approximate surface area is 188 Å². The number of rotatable bonds is 3. The molecule has 2 heterocycles. The molecule has 0 saturated carbocycles. The Kier molecular flexibility index (Phi) is 5.15. The molecule has 8 heteroatoms. The first-order valence-electron chi connectivity index (χ1n) is 11.5. The van der Waals surface area contributed by atoms with Gasteiger partial charge < -0.3 is 35.2 Å². The van der Waals surface area contributed by atoms with Crippen molar-refractivity contribution in [3.05, 3.63) is 35.1 Å². The highest BCUT2D eigenvalue weighted by Crippen LogP contribution is 2.60. The van der Waals surface area contributed by atoms with Gasteiger partial charge in [-0.25, -0.2) is 4.79 Å². The van der Waals surface area contributed by atoms with E-state index >= 15 is 0 Å². The Bertz CT molecular complexity index is 965. The Balaban J connectivity index is 1.54. The quantitative estimate of drug-likeness (QED) is 0.654. The monoisotopic (exact) mass is 443 g/mol. The number of aromatic hydroxyl groups is 1. The predicted molar refractivity (Wildman–Crippen MR) is 119 cm³/mol. The summed E-state index contributed by atoms with van der Waals surface area (Å²) in [5, 5.41) is 23.3. The minimum atomic E-state index is -1.07. The maximum Gasteiger partial charge on any atom is 0.415 e. The molecule has 1 aromatic rings. The van der Waals surface area contributed by atoms with Gasteiger partial charge in [0.05, 0.1) is 12.7 Å². The normalized spacial score (nSPS) is 33.9. The molecule has 0 radical (unpaired) electrons. The molecule has 174 valence electrons. The SMILES string of the molecule is COc1ccc2c(c1O)C13CCN(C)C(C2)C1(O)CC=C(OC(=O)N1CCCC1CN)C3. The molecule has 2 fully saturated rings. The summed E-state index contributed by atoms with van der Waals surface area (Å²) in [6, 6.07) is 3.70. The molecule has 2 bridgehead atoms. The zero-order chi connectivity index (χ0) is 22.7. The van der Waals surface area contributed by atoms with Crippen LogP contribution >= 0.6 is 0 Å². The average molecular weight is 444 g/mol. The molecule has 32 heavy (non-hydrogen) atoms. The van der Waals surface area contributed by atoms with Crippen molar-refractivity contribution in [3.63, 3.8) is 0 Å². The number of likely N-dealkylation sites (tertiary alicyclic amines) is 2. The lowest BCUT2D eigenvalue weighted by Gasteiger charge is -2.62. The van der Waals surface area contributed by atoms with E-state index in [2.05, 4.69) is 4.90 Å². The third-order valence-corrected chi connectivity index (χ3v) is 8.36. The number of piperidine rings is 1. The Morgan fingerprint density at radius 1 is 1.34 bits per heavy atom. The topological polar surface area (TPSA) is 108 Å². The van der Waals surface area contributed by atoms with Gasteiger partial charge in [-0.05, 0) is 57.0 Å². The number of hydrogen-bond donors (Lipinski definition) is 3. The largest absolute Gasteiger partial charge is 0.504 e. The second kappa shape index (κ2) is 7.64. The van der Waals surface area contributed by atoms with Gasteiger partial charge in [0.2, 0.25) is 0 Å². The van der Waals surface area contributed by atoms with E-state index in [0.717, 1.165) is 30.5 Å². The number of carbonyl (C=O) groups excluding carboxylic acids is 1.